The second-order valence-corrected chi connectivity index (χ2v) is 3.23. The van der Waals surface area contributed by atoms with Crippen molar-refractivity contribution in [1.82, 2.24) is 0 Å². The number of benzene rings is 1. The van der Waals surface area contributed by atoms with E-state index in [0.717, 1.165) is 5.56 Å². The Balaban J connectivity index is 2.34. The predicted molar refractivity (Wildman–Crippen MR) is 56.4 cm³/mol. The number of esters is 1. The van der Waals surface area contributed by atoms with Gasteiger partial charge in [0.25, 0.3) is 0 Å². The van der Waals surface area contributed by atoms with Gasteiger partial charge in [-0.3, -0.25) is 0 Å². The maximum Gasteiger partial charge on any atom is 0.516 e. The fraction of sp³-hybridized carbons (Fsp3) is 0.273. The average molecular weight is 223 g/mol. The number of carbonyl (C=O) groups excluding carboxylic acids is 2. The van der Waals surface area contributed by atoms with Gasteiger partial charge in [-0.15, -0.1) is 0 Å². The van der Waals surface area contributed by atoms with Crippen molar-refractivity contribution in [3.05, 3.63) is 35.9 Å². The van der Waals surface area contributed by atoms with Gasteiger partial charge < -0.3 is 15.2 Å². The molecule has 0 aliphatic carbocycles. The Hall–Kier alpha value is -1.88. The first-order valence-corrected chi connectivity index (χ1v) is 4.77. The largest absolute Gasteiger partial charge is 0.516 e. The van der Waals surface area contributed by atoms with E-state index in [-0.39, 0.29) is 6.61 Å². The molecule has 0 bridgehead atoms. The van der Waals surface area contributed by atoms with Crippen LogP contribution in [-0.4, -0.2) is 18.2 Å². The van der Waals surface area contributed by atoms with E-state index in [1.807, 2.05) is 18.2 Å². The van der Waals surface area contributed by atoms with Crippen LogP contribution in [-0.2, 0) is 20.9 Å². The van der Waals surface area contributed by atoms with Gasteiger partial charge in [0.15, 0.2) is 0 Å². The van der Waals surface area contributed by atoms with Crippen LogP contribution in [0.15, 0.2) is 30.3 Å². The Morgan fingerprint density at radius 2 is 1.94 bits per heavy atom. The highest BCUT2D eigenvalue weighted by atomic mass is 16.7. The van der Waals surface area contributed by atoms with Gasteiger partial charge in [0, 0.05) is 0 Å². The molecule has 1 unspecified atom stereocenters. The summed E-state index contributed by atoms with van der Waals surface area (Å²) in [6.45, 7) is 1.48. The highest BCUT2D eigenvalue weighted by Gasteiger charge is 2.15. The van der Waals surface area contributed by atoms with Crippen molar-refractivity contribution >= 4 is 12.1 Å². The molecule has 0 fully saturated rings. The Morgan fingerprint density at radius 1 is 1.31 bits per heavy atom. The quantitative estimate of drug-likeness (QED) is 0.615. The topological polar surface area (TPSA) is 78.6 Å². The van der Waals surface area contributed by atoms with E-state index in [2.05, 4.69) is 4.74 Å². The van der Waals surface area contributed by atoms with E-state index < -0.39 is 18.2 Å². The van der Waals surface area contributed by atoms with E-state index in [1.54, 1.807) is 12.1 Å². The third-order valence-electron chi connectivity index (χ3n) is 1.76. The smallest absolute Gasteiger partial charge is 0.429 e. The molecule has 0 radical (unpaired) electrons. The van der Waals surface area contributed by atoms with Crippen LogP contribution >= 0.6 is 0 Å². The molecule has 86 valence electrons. The molecule has 0 aromatic heterocycles. The number of nitrogens with two attached hydrogens (primary N) is 1. The fourth-order valence-electron chi connectivity index (χ4n) is 0.921. The van der Waals surface area contributed by atoms with Gasteiger partial charge in [0.05, 0.1) is 0 Å². The Morgan fingerprint density at radius 3 is 2.50 bits per heavy atom. The summed E-state index contributed by atoms with van der Waals surface area (Å²) >= 11 is 0. The maximum atomic E-state index is 11.0. The summed E-state index contributed by atoms with van der Waals surface area (Å²) in [6.07, 6.45) is -1.04. The normalized spacial score (nSPS) is 11.6. The molecule has 1 rings (SSSR count). The summed E-state index contributed by atoms with van der Waals surface area (Å²) < 4.78 is 9.02. The lowest BCUT2D eigenvalue weighted by Gasteiger charge is -2.06. The number of ether oxygens (including phenoxy) is 2. The summed E-state index contributed by atoms with van der Waals surface area (Å²) in [7, 11) is 0. The van der Waals surface area contributed by atoms with Crippen molar-refractivity contribution in [2.24, 2.45) is 5.73 Å². The summed E-state index contributed by atoms with van der Waals surface area (Å²) in [5.41, 5.74) is 6.02. The minimum atomic E-state index is -1.04. The molecule has 0 amide bonds. The summed E-state index contributed by atoms with van der Waals surface area (Å²) in [5, 5.41) is 0. The molecular weight excluding hydrogens is 210 g/mol. The van der Waals surface area contributed by atoms with Crippen molar-refractivity contribution in [2.75, 3.05) is 0 Å². The first-order valence-electron chi connectivity index (χ1n) is 4.77. The van der Waals surface area contributed by atoms with Gasteiger partial charge in [0.1, 0.15) is 12.6 Å². The van der Waals surface area contributed by atoms with Crippen molar-refractivity contribution in [1.29, 1.82) is 0 Å². The standard InChI is InChI=1S/C11H13NO4/c1-8(12)10(13)16-11(14)15-7-9-5-3-2-4-6-9/h2-6,8H,7,12H2,1H3. The van der Waals surface area contributed by atoms with E-state index in [4.69, 9.17) is 10.5 Å². The van der Waals surface area contributed by atoms with Gasteiger partial charge >= 0.3 is 12.1 Å². The van der Waals surface area contributed by atoms with Gasteiger partial charge in [-0.25, -0.2) is 9.59 Å². The van der Waals surface area contributed by atoms with Crippen LogP contribution in [0, 0.1) is 0 Å². The molecule has 0 spiro atoms. The monoisotopic (exact) mass is 223 g/mol. The summed E-state index contributed by atoms with van der Waals surface area (Å²) in [5.74, 6) is -0.807. The van der Waals surface area contributed by atoms with Crippen molar-refractivity contribution in [3.8, 4) is 0 Å². The second kappa shape index (κ2) is 5.87. The maximum absolute atomic E-state index is 11.0. The number of rotatable bonds is 3. The Bertz CT molecular complexity index is 362. The van der Waals surface area contributed by atoms with Gasteiger partial charge in [0.2, 0.25) is 0 Å². The molecule has 5 heteroatoms. The zero-order valence-corrected chi connectivity index (χ0v) is 8.88. The molecule has 0 saturated carbocycles. The number of hydrogen-bond donors (Lipinski definition) is 1. The van der Waals surface area contributed by atoms with Gasteiger partial charge in [-0.2, -0.15) is 0 Å². The highest BCUT2D eigenvalue weighted by Crippen LogP contribution is 2.01. The van der Waals surface area contributed by atoms with E-state index in [1.165, 1.54) is 6.92 Å². The lowest BCUT2D eigenvalue weighted by atomic mass is 10.2. The highest BCUT2D eigenvalue weighted by molar-refractivity contribution is 5.85. The molecule has 0 aliphatic rings. The van der Waals surface area contributed by atoms with Crippen LogP contribution in [0.2, 0.25) is 0 Å². The van der Waals surface area contributed by atoms with E-state index >= 15 is 0 Å². The SMILES string of the molecule is CC(N)C(=O)OC(=O)OCc1ccccc1. The molecule has 5 nitrogen and oxygen atoms in total. The summed E-state index contributed by atoms with van der Waals surface area (Å²) in [6, 6.07) is 8.22. The first-order chi connectivity index (χ1) is 7.59. The predicted octanol–water partition coefficient (Wildman–Crippen LogP) is 1.21. The lowest BCUT2D eigenvalue weighted by Crippen LogP contribution is -2.30. The molecular formula is C11H13NO4. The molecule has 1 aromatic carbocycles. The minimum Gasteiger partial charge on any atom is -0.429 e. The molecule has 16 heavy (non-hydrogen) atoms. The Labute approximate surface area is 93.1 Å². The van der Waals surface area contributed by atoms with Crippen LogP contribution in [0.4, 0.5) is 4.79 Å². The molecule has 0 saturated heterocycles. The number of carbonyl (C=O) groups is 2. The zero-order chi connectivity index (χ0) is 12.0. The van der Waals surface area contributed by atoms with Crippen LogP contribution in [0.5, 0.6) is 0 Å². The lowest BCUT2D eigenvalue weighted by molar-refractivity contribution is -0.141. The van der Waals surface area contributed by atoms with Crippen molar-refractivity contribution in [2.45, 2.75) is 19.6 Å². The van der Waals surface area contributed by atoms with Gasteiger partial charge in [-0.1, -0.05) is 30.3 Å². The number of hydrogen-bond acceptors (Lipinski definition) is 5. The van der Waals surface area contributed by atoms with Crippen molar-refractivity contribution in [3.63, 3.8) is 0 Å². The fourth-order valence-corrected chi connectivity index (χ4v) is 0.921. The molecule has 2 N–H and O–H groups in total. The first kappa shape index (κ1) is 12.2. The summed E-state index contributed by atoms with van der Waals surface area (Å²) in [4.78, 5) is 21.9. The van der Waals surface area contributed by atoms with Crippen LogP contribution in [0.25, 0.3) is 0 Å². The molecule has 1 atom stereocenters. The third-order valence-corrected chi connectivity index (χ3v) is 1.76. The molecule has 0 heterocycles. The third kappa shape index (κ3) is 4.10. The van der Waals surface area contributed by atoms with Crippen LogP contribution in [0.3, 0.4) is 0 Å². The van der Waals surface area contributed by atoms with Crippen molar-refractivity contribution < 1.29 is 19.1 Å². The van der Waals surface area contributed by atoms with Crippen LogP contribution in [0.1, 0.15) is 12.5 Å². The minimum absolute atomic E-state index is 0.0614. The van der Waals surface area contributed by atoms with Crippen LogP contribution < -0.4 is 5.73 Å². The molecule has 0 aliphatic heterocycles. The zero-order valence-electron chi connectivity index (χ0n) is 8.88. The van der Waals surface area contributed by atoms with E-state index in [9.17, 15) is 9.59 Å². The second-order valence-electron chi connectivity index (χ2n) is 3.23. The average Bonchev–Trinajstić information content (AvgIpc) is 2.27. The Kier molecular flexibility index (Phi) is 4.47. The van der Waals surface area contributed by atoms with E-state index in [0.29, 0.717) is 0 Å². The van der Waals surface area contributed by atoms with Gasteiger partial charge in [-0.05, 0) is 12.5 Å². The molecule has 1 aromatic rings.